The lowest BCUT2D eigenvalue weighted by molar-refractivity contribution is -0.123. The number of carbonyl (C=O) groups is 1. The molecule has 3 nitrogen and oxygen atoms in total. The molecule has 2 atom stereocenters. The number of aliphatic hydroxyl groups excluding tert-OH is 1. The van der Waals surface area contributed by atoms with Crippen molar-refractivity contribution in [2.75, 3.05) is 6.61 Å². The molecule has 0 aliphatic heterocycles. The molecule has 0 bridgehead atoms. The van der Waals surface area contributed by atoms with Gasteiger partial charge in [-0.25, -0.2) is 0 Å². The molecular formula is C17H27NO2. The lowest BCUT2D eigenvalue weighted by Gasteiger charge is -2.23. The van der Waals surface area contributed by atoms with Crippen LogP contribution in [-0.2, 0) is 11.2 Å². The highest BCUT2D eigenvalue weighted by Crippen LogP contribution is 2.17. The molecule has 0 radical (unpaired) electrons. The minimum Gasteiger partial charge on any atom is -0.396 e. The van der Waals surface area contributed by atoms with Crippen LogP contribution in [0.25, 0.3) is 0 Å². The van der Waals surface area contributed by atoms with Crippen molar-refractivity contribution in [1.82, 2.24) is 5.32 Å². The van der Waals surface area contributed by atoms with Crippen molar-refractivity contribution >= 4 is 5.91 Å². The highest BCUT2D eigenvalue weighted by molar-refractivity contribution is 5.83. The highest BCUT2D eigenvalue weighted by Gasteiger charge is 2.20. The normalized spacial score (nSPS) is 14.1. The van der Waals surface area contributed by atoms with Crippen molar-refractivity contribution < 1.29 is 9.90 Å². The molecule has 0 fully saturated rings. The molecule has 1 rings (SSSR count). The second-order valence-electron chi connectivity index (χ2n) is 5.69. The van der Waals surface area contributed by atoms with E-state index in [0.717, 1.165) is 12.0 Å². The van der Waals surface area contributed by atoms with E-state index in [9.17, 15) is 4.79 Å². The van der Waals surface area contributed by atoms with E-state index in [-0.39, 0.29) is 24.5 Å². The molecule has 2 unspecified atom stereocenters. The van der Waals surface area contributed by atoms with E-state index in [4.69, 9.17) is 5.11 Å². The second kappa shape index (κ2) is 8.05. The monoisotopic (exact) mass is 277 g/mol. The smallest absolute Gasteiger partial charge is 0.227 e. The molecule has 0 aliphatic carbocycles. The van der Waals surface area contributed by atoms with Gasteiger partial charge in [-0.1, -0.05) is 45.0 Å². The van der Waals surface area contributed by atoms with Gasteiger partial charge < -0.3 is 10.4 Å². The Labute approximate surface area is 122 Å². The van der Waals surface area contributed by atoms with Gasteiger partial charge in [0.25, 0.3) is 0 Å². The van der Waals surface area contributed by atoms with Gasteiger partial charge >= 0.3 is 0 Å². The van der Waals surface area contributed by atoms with Crippen molar-refractivity contribution in [2.45, 2.75) is 52.5 Å². The van der Waals surface area contributed by atoms with Crippen molar-refractivity contribution in [2.24, 2.45) is 5.92 Å². The minimum atomic E-state index is -0.166. The Bertz CT molecular complexity index is 412. The van der Waals surface area contributed by atoms with Crippen molar-refractivity contribution in [1.29, 1.82) is 0 Å². The first-order chi connectivity index (χ1) is 9.49. The third kappa shape index (κ3) is 4.64. The van der Waals surface area contributed by atoms with E-state index >= 15 is 0 Å². The maximum Gasteiger partial charge on any atom is 0.227 e. The van der Waals surface area contributed by atoms with Crippen LogP contribution in [0.1, 0.15) is 51.2 Å². The van der Waals surface area contributed by atoms with E-state index in [1.165, 1.54) is 5.56 Å². The SMILES string of the molecule is CCc1ccc(C(C)C(=O)NC(CCO)C(C)C)cc1. The van der Waals surface area contributed by atoms with Crippen LogP contribution in [-0.4, -0.2) is 23.7 Å². The van der Waals surface area contributed by atoms with Crippen molar-refractivity contribution in [3.63, 3.8) is 0 Å². The Kier molecular flexibility index (Phi) is 6.73. The van der Waals surface area contributed by atoms with Crippen LogP contribution in [0.2, 0.25) is 0 Å². The number of aryl methyl sites for hydroxylation is 1. The molecule has 0 saturated carbocycles. The highest BCUT2D eigenvalue weighted by atomic mass is 16.3. The number of carbonyl (C=O) groups excluding carboxylic acids is 1. The lowest BCUT2D eigenvalue weighted by Crippen LogP contribution is -2.41. The minimum absolute atomic E-state index is 0.0291. The van der Waals surface area contributed by atoms with E-state index in [1.807, 2.05) is 19.1 Å². The number of benzene rings is 1. The quantitative estimate of drug-likeness (QED) is 0.805. The molecule has 20 heavy (non-hydrogen) atoms. The maximum absolute atomic E-state index is 12.3. The summed E-state index contributed by atoms with van der Waals surface area (Å²) in [6.45, 7) is 8.26. The molecule has 112 valence electrons. The van der Waals surface area contributed by atoms with E-state index < -0.39 is 0 Å². The Morgan fingerprint density at radius 2 is 1.80 bits per heavy atom. The number of rotatable bonds is 7. The lowest BCUT2D eigenvalue weighted by atomic mass is 9.96. The van der Waals surface area contributed by atoms with Crippen molar-refractivity contribution in [3.8, 4) is 0 Å². The average molecular weight is 277 g/mol. The average Bonchev–Trinajstić information content (AvgIpc) is 2.45. The Hall–Kier alpha value is -1.35. The molecule has 1 amide bonds. The summed E-state index contributed by atoms with van der Waals surface area (Å²) < 4.78 is 0. The fourth-order valence-electron chi connectivity index (χ4n) is 2.21. The van der Waals surface area contributed by atoms with Crippen molar-refractivity contribution in [3.05, 3.63) is 35.4 Å². The van der Waals surface area contributed by atoms with Gasteiger partial charge in [0.15, 0.2) is 0 Å². The fraction of sp³-hybridized carbons (Fsp3) is 0.588. The predicted molar refractivity (Wildman–Crippen MR) is 82.7 cm³/mol. The summed E-state index contributed by atoms with van der Waals surface area (Å²) in [7, 11) is 0. The van der Waals surface area contributed by atoms with E-state index in [2.05, 4.69) is 38.2 Å². The number of nitrogens with one attached hydrogen (secondary N) is 1. The molecule has 0 aliphatic rings. The van der Waals surface area contributed by atoms with Gasteiger partial charge in [0, 0.05) is 12.6 Å². The standard InChI is InChI=1S/C17H27NO2/c1-5-14-6-8-15(9-7-14)13(4)17(20)18-16(10-11-19)12(2)3/h6-9,12-13,16,19H,5,10-11H2,1-4H3,(H,18,20). The molecule has 0 aromatic heterocycles. The first kappa shape index (κ1) is 16.7. The fourth-order valence-corrected chi connectivity index (χ4v) is 2.21. The first-order valence-corrected chi connectivity index (χ1v) is 7.49. The van der Waals surface area contributed by atoms with Gasteiger partial charge in [0.1, 0.15) is 0 Å². The summed E-state index contributed by atoms with van der Waals surface area (Å²) in [5, 5.41) is 12.1. The van der Waals surface area contributed by atoms with Gasteiger partial charge in [0.2, 0.25) is 5.91 Å². The number of hydrogen-bond donors (Lipinski definition) is 2. The van der Waals surface area contributed by atoms with E-state index in [1.54, 1.807) is 0 Å². The zero-order valence-corrected chi connectivity index (χ0v) is 13.0. The van der Waals surface area contributed by atoms with Gasteiger partial charge in [-0.3, -0.25) is 4.79 Å². The molecule has 2 N–H and O–H groups in total. The summed E-state index contributed by atoms with van der Waals surface area (Å²) in [5.41, 5.74) is 2.31. The number of aliphatic hydroxyl groups is 1. The first-order valence-electron chi connectivity index (χ1n) is 7.49. The molecule has 0 saturated heterocycles. The summed E-state index contributed by atoms with van der Waals surface area (Å²) >= 11 is 0. The topological polar surface area (TPSA) is 49.3 Å². The predicted octanol–water partition coefficient (Wildman–Crippen LogP) is 2.88. The van der Waals surface area contributed by atoms with Crippen LogP contribution < -0.4 is 5.32 Å². The van der Waals surface area contributed by atoms with Crippen LogP contribution in [0, 0.1) is 5.92 Å². The second-order valence-corrected chi connectivity index (χ2v) is 5.69. The molecule has 0 spiro atoms. The number of hydrogen-bond acceptors (Lipinski definition) is 2. The van der Waals surface area contributed by atoms with Crippen LogP contribution in [0.5, 0.6) is 0 Å². The summed E-state index contributed by atoms with van der Waals surface area (Å²) in [5.74, 6) is 0.183. The van der Waals surface area contributed by atoms with Gasteiger partial charge in [-0.05, 0) is 36.8 Å². The van der Waals surface area contributed by atoms with Gasteiger partial charge in [-0.15, -0.1) is 0 Å². The third-order valence-corrected chi connectivity index (χ3v) is 3.85. The molecule has 1 aromatic rings. The Morgan fingerprint density at radius 3 is 2.25 bits per heavy atom. The van der Waals surface area contributed by atoms with Crippen LogP contribution in [0.15, 0.2) is 24.3 Å². The summed E-state index contributed by atoms with van der Waals surface area (Å²) in [6.07, 6.45) is 1.61. The Morgan fingerprint density at radius 1 is 1.20 bits per heavy atom. The van der Waals surface area contributed by atoms with Gasteiger partial charge in [-0.2, -0.15) is 0 Å². The molecule has 1 aromatic carbocycles. The maximum atomic E-state index is 12.3. The summed E-state index contributed by atoms with van der Waals surface area (Å²) in [6, 6.07) is 8.24. The Balaban J connectivity index is 2.69. The van der Waals surface area contributed by atoms with Gasteiger partial charge in [0.05, 0.1) is 5.92 Å². The third-order valence-electron chi connectivity index (χ3n) is 3.85. The summed E-state index contributed by atoms with van der Waals surface area (Å²) in [4.78, 5) is 12.3. The van der Waals surface area contributed by atoms with Crippen LogP contribution in [0.4, 0.5) is 0 Å². The zero-order valence-electron chi connectivity index (χ0n) is 13.0. The zero-order chi connectivity index (χ0) is 15.1. The largest absolute Gasteiger partial charge is 0.396 e. The molecular weight excluding hydrogens is 250 g/mol. The van der Waals surface area contributed by atoms with Crippen LogP contribution >= 0.6 is 0 Å². The van der Waals surface area contributed by atoms with Crippen LogP contribution in [0.3, 0.4) is 0 Å². The molecule has 0 heterocycles. The van der Waals surface area contributed by atoms with E-state index in [0.29, 0.717) is 12.3 Å². The molecule has 3 heteroatoms. The number of amides is 1.